The molecule has 0 bridgehead atoms. The second-order valence-electron chi connectivity index (χ2n) is 8.85. The van der Waals surface area contributed by atoms with Gasteiger partial charge in [0.05, 0.1) is 0 Å². The van der Waals surface area contributed by atoms with Gasteiger partial charge in [0.2, 0.25) is 0 Å². The molecule has 7 heteroatoms. The van der Waals surface area contributed by atoms with Crippen molar-refractivity contribution in [3.05, 3.63) is 35.5 Å². The largest absolute Gasteiger partial charge is 0.345 e. The van der Waals surface area contributed by atoms with Crippen LogP contribution in [0.3, 0.4) is 0 Å². The van der Waals surface area contributed by atoms with Crippen LogP contribution in [0.15, 0.2) is 24.4 Å². The predicted molar refractivity (Wildman–Crippen MR) is 119 cm³/mol. The van der Waals surface area contributed by atoms with E-state index in [1.807, 2.05) is 13.8 Å². The average molecular weight is 419 g/mol. The highest BCUT2D eigenvalue weighted by molar-refractivity contribution is 7.87. The molecule has 160 valence electrons. The summed E-state index contributed by atoms with van der Waals surface area (Å²) in [5.74, 6) is 0.345. The Morgan fingerprint density at radius 3 is 2.62 bits per heavy atom. The highest BCUT2D eigenvalue weighted by Gasteiger charge is 2.41. The molecule has 0 spiro atoms. The smallest absolute Gasteiger partial charge is 0.279 e. The van der Waals surface area contributed by atoms with Crippen LogP contribution in [-0.4, -0.2) is 61.0 Å². The Kier molecular flexibility index (Phi) is 5.53. The number of hydrogen-bond acceptors (Lipinski definition) is 3. The second-order valence-corrected chi connectivity index (χ2v) is 10.6. The fourth-order valence-electron chi connectivity index (χ4n) is 5.44. The third kappa shape index (κ3) is 3.52. The van der Waals surface area contributed by atoms with Gasteiger partial charge in [0.25, 0.3) is 10.2 Å². The molecule has 1 aliphatic heterocycles. The first-order valence-electron chi connectivity index (χ1n) is 10.9. The van der Waals surface area contributed by atoms with Gasteiger partial charge in [-0.3, -0.25) is 0 Å². The Balaban J connectivity index is 1.68. The van der Waals surface area contributed by atoms with Crippen LogP contribution < -0.4 is 4.72 Å². The van der Waals surface area contributed by atoms with Crippen molar-refractivity contribution < 1.29 is 8.42 Å². The number of rotatable bonds is 6. The summed E-state index contributed by atoms with van der Waals surface area (Å²) in [6.07, 6.45) is 4.21. The molecule has 1 unspecified atom stereocenters. The lowest BCUT2D eigenvalue weighted by Crippen LogP contribution is -2.56. The molecule has 1 saturated heterocycles. The third-order valence-corrected chi connectivity index (χ3v) is 8.62. The topological polar surface area (TPSA) is 57.6 Å². The van der Waals surface area contributed by atoms with Gasteiger partial charge >= 0.3 is 0 Å². The molecule has 6 nitrogen and oxygen atoms in total. The molecule has 1 fully saturated rings. The zero-order chi connectivity index (χ0) is 20.9. The van der Waals surface area contributed by atoms with E-state index in [4.69, 9.17) is 0 Å². The molecule has 4 rings (SSSR count). The maximum absolute atomic E-state index is 12.8. The first kappa shape index (κ1) is 20.8. The second kappa shape index (κ2) is 7.69. The molecule has 29 heavy (non-hydrogen) atoms. The number of nitrogens with one attached hydrogen (secondary N) is 1. The van der Waals surface area contributed by atoms with Crippen molar-refractivity contribution in [2.24, 2.45) is 0 Å². The van der Waals surface area contributed by atoms with E-state index in [1.54, 1.807) is 0 Å². The molecule has 0 radical (unpaired) electrons. The van der Waals surface area contributed by atoms with E-state index in [9.17, 15) is 8.42 Å². The zero-order valence-corrected chi connectivity index (χ0v) is 19.0. The van der Waals surface area contributed by atoms with E-state index in [0.29, 0.717) is 31.1 Å². The minimum absolute atomic E-state index is 0.0733. The summed E-state index contributed by atoms with van der Waals surface area (Å²) in [5.41, 5.74) is 4.12. The van der Waals surface area contributed by atoms with Gasteiger partial charge in [-0.05, 0) is 50.9 Å². The van der Waals surface area contributed by atoms with E-state index in [0.717, 1.165) is 19.4 Å². The Bertz CT molecular complexity index is 994. The SMILES string of the molecule is CCN(CC)S(=O)(=O)N[C@H]1CC2c3cccc4c3c(cn4C(C)C)C[C@H]2N(C)C1. The van der Waals surface area contributed by atoms with Crippen LogP contribution in [0.25, 0.3) is 10.9 Å². The molecule has 2 aliphatic rings. The van der Waals surface area contributed by atoms with Gasteiger partial charge in [-0.15, -0.1) is 0 Å². The van der Waals surface area contributed by atoms with E-state index in [1.165, 1.54) is 26.3 Å². The molecular formula is C22H34N4O2S. The van der Waals surface area contributed by atoms with E-state index in [2.05, 4.69) is 59.5 Å². The Labute approximate surface area is 175 Å². The first-order chi connectivity index (χ1) is 13.8. The fourth-order valence-corrected chi connectivity index (χ4v) is 6.86. The molecule has 1 N–H and O–H groups in total. The molecular weight excluding hydrogens is 384 g/mol. The normalized spacial score (nSPS) is 25.1. The van der Waals surface area contributed by atoms with Crippen LogP contribution >= 0.6 is 0 Å². The maximum atomic E-state index is 12.8. The number of aromatic nitrogens is 1. The van der Waals surface area contributed by atoms with Gasteiger partial charge in [-0.25, -0.2) is 0 Å². The lowest BCUT2D eigenvalue weighted by atomic mass is 9.74. The number of likely N-dealkylation sites (tertiary alicyclic amines) is 1. The lowest BCUT2D eigenvalue weighted by molar-refractivity contribution is 0.135. The Morgan fingerprint density at radius 1 is 1.24 bits per heavy atom. The number of hydrogen-bond donors (Lipinski definition) is 1. The molecule has 0 saturated carbocycles. The summed E-state index contributed by atoms with van der Waals surface area (Å²) >= 11 is 0. The number of benzene rings is 1. The van der Waals surface area contributed by atoms with Crippen molar-refractivity contribution in [1.82, 2.24) is 18.5 Å². The van der Waals surface area contributed by atoms with Crippen molar-refractivity contribution in [1.29, 1.82) is 0 Å². The quantitative estimate of drug-likeness (QED) is 0.784. The summed E-state index contributed by atoms with van der Waals surface area (Å²) in [4.78, 5) is 2.36. The van der Waals surface area contributed by atoms with Crippen molar-refractivity contribution in [2.75, 3.05) is 26.7 Å². The molecule has 0 amide bonds. The monoisotopic (exact) mass is 418 g/mol. The molecule has 1 aromatic carbocycles. The van der Waals surface area contributed by atoms with E-state index in [-0.39, 0.29) is 6.04 Å². The highest BCUT2D eigenvalue weighted by Crippen LogP contribution is 2.44. The first-order valence-corrected chi connectivity index (χ1v) is 12.3. The van der Waals surface area contributed by atoms with Gasteiger partial charge in [0.15, 0.2) is 0 Å². The van der Waals surface area contributed by atoms with Crippen LogP contribution in [0, 0.1) is 0 Å². The van der Waals surface area contributed by atoms with Crippen LogP contribution in [0.1, 0.15) is 57.2 Å². The van der Waals surface area contributed by atoms with E-state index >= 15 is 0 Å². The third-order valence-electron chi connectivity index (χ3n) is 6.79. The Morgan fingerprint density at radius 2 is 1.97 bits per heavy atom. The van der Waals surface area contributed by atoms with Gasteiger partial charge in [0, 0.05) is 60.8 Å². The fraction of sp³-hybridized carbons (Fsp3) is 0.636. The number of piperidine rings is 1. The molecule has 2 heterocycles. The van der Waals surface area contributed by atoms with E-state index < -0.39 is 10.2 Å². The van der Waals surface area contributed by atoms with Crippen molar-refractivity contribution in [3.63, 3.8) is 0 Å². The van der Waals surface area contributed by atoms with Crippen LogP contribution in [0.4, 0.5) is 0 Å². The zero-order valence-electron chi connectivity index (χ0n) is 18.2. The summed E-state index contributed by atoms with van der Waals surface area (Å²) in [6, 6.07) is 7.40. The number of likely N-dealkylation sites (N-methyl/N-ethyl adjacent to an activating group) is 1. The molecule has 3 atom stereocenters. The number of nitrogens with zero attached hydrogens (tertiary/aromatic N) is 3. The van der Waals surface area contributed by atoms with Crippen LogP contribution in [0.2, 0.25) is 0 Å². The van der Waals surface area contributed by atoms with Gasteiger partial charge in [-0.2, -0.15) is 17.4 Å². The average Bonchev–Trinajstić information content (AvgIpc) is 3.03. The highest BCUT2D eigenvalue weighted by atomic mass is 32.2. The van der Waals surface area contributed by atoms with Gasteiger partial charge in [0.1, 0.15) is 0 Å². The number of fused-ring (bicyclic) bond motifs is 2. The summed E-state index contributed by atoms with van der Waals surface area (Å²) < 4.78 is 32.4. The summed E-state index contributed by atoms with van der Waals surface area (Å²) in [5, 5.41) is 1.39. The standard InChI is InChI=1S/C22H34N4O2S/c1-6-25(7-2)29(27,28)23-17-12-19-18-9-8-10-20-22(18)16(13-26(20)15(3)4)11-21(19)24(5)14-17/h8-10,13,15,17,19,21,23H,6-7,11-12,14H2,1-5H3/t17-,19?,21+/m0/s1. The van der Waals surface area contributed by atoms with Crippen LogP contribution in [-0.2, 0) is 16.6 Å². The van der Waals surface area contributed by atoms with Crippen molar-refractivity contribution in [2.45, 2.75) is 64.6 Å². The Hall–Kier alpha value is -1.41. The van der Waals surface area contributed by atoms with Crippen molar-refractivity contribution in [3.8, 4) is 0 Å². The van der Waals surface area contributed by atoms with Gasteiger partial charge < -0.3 is 9.47 Å². The van der Waals surface area contributed by atoms with Crippen LogP contribution in [0.5, 0.6) is 0 Å². The van der Waals surface area contributed by atoms with Crippen molar-refractivity contribution >= 4 is 21.1 Å². The summed E-state index contributed by atoms with van der Waals surface area (Å²) in [6.45, 7) is 9.95. The summed E-state index contributed by atoms with van der Waals surface area (Å²) in [7, 11) is -1.31. The molecule has 1 aromatic heterocycles. The molecule has 2 aromatic rings. The maximum Gasteiger partial charge on any atom is 0.279 e. The molecule has 1 aliphatic carbocycles. The van der Waals surface area contributed by atoms with Gasteiger partial charge in [-0.1, -0.05) is 26.0 Å². The predicted octanol–water partition coefficient (Wildman–Crippen LogP) is 3.11. The minimum Gasteiger partial charge on any atom is -0.345 e. The minimum atomic E-state index is -3.45. The lowest BCUT2D eigenvalue weighted by Gasteiger charge is -2.45.